The topological polar surface area (TPSA) is 48.4 Å². The van der Waals surface area contributed by atoms with Crippen LogP contribution >= 0.6 is 0 Å². The van der Waals surface area contributed by atoms with Crippen molar-refractivity contribution in [2.24, 2.45) is 5.73 Å². The Labute approximate surface area is 119 Å². The number of furan rings is 1. The second kappa shape index (κ2) is 5.18. The summed E-state index contributed by atoms with van der Waals surface area (Å²) < 4.78 is 38.3. The van der Waals surface area contributed by atoms with Crippen LogP contribution in [0.4, 0.5) is 8.78 Å². The van der Waals surface area contributed by atoms with Gasteiger partial charge in [0.2, 0.25) is 0 Å². The minimum absolute atomic E-state index is 0.205. The minimum Gasteiger partial charge on any atom is -0.497 e. The number of halogens is 2. The van der Waals surface area contributed by atoms with Crippen LogP contribution in [0.15, 0.2) is 46.9 Å². The van der Waals surface area contributed by atoms with Crippen LogP contribution in [0, 0.1) is 11.6 Å². The summed E-state index contributed by atoms with van der Waals surface area (Å²) in [6, 6.07) is 9.57. The molecule has 0 aliphatic rings. The SMILES string of the molecule is COc1ccc2cc(C(N)c3c(F)cccc3F)oc2c1. The van der Waals surface area contributed by atoms with Crippen LogP contribution in [0.1, 0.15) is 17.4 Å². The van der Waals surface area contributed by atoms with Crippen molar-refractivity contribution in [3.63, 3.8) is 0 Å². The molecular weight excluding hydrogens is 276 g/mol. The van der Waals surface area contributed by atoms with E-state index in [-0.39, 0.29) is 5.56 Å². The van der Waals surface area contributed by atoms with Gasteiger partial charge in [0.25, 0.3) is 0 Å². The fourth-order valence-electron chi connectivity index (χ4n) is 2.26. The van der Waals surface area contributed by atoms with Gasteiger partial charge in [-0.25, -0.2) is 8.78 Å². The molecule has 3 rings (SSSR count). The summed E-state index contributed by atoms with van der Waals surface area (Å²) in [5.41, 5.74) is 6.29. The Kier molecular flexibility index (Phi) is 3.35. The van der Waals surface area contributed by atoms with Gasteiger partial charge in [-0.05, 0) is 30.3 Å². The van der Waals surface area contributed by atoms with Crippen molar-refractivity contribution in [3.05, 3.63) is 65.4 Å². The van der Waals surface area contributed by atoms with E-state index in [1.54, 1.807) is 31.4 Å². The Morgan fingerprint density at radius 2 is 1.81 bits per heavy atom. The van der Waals surface area contributed by atoms with Crippen molar-refractivity contribution < 1.29 is 17.9 Å². The van der Waals surface area contributed by atoms with Gasteiger partial charge in [-0.15, -0.1) is 0 Å². The molecule has 1 heterocycles. The fraction of sp³-hybridized carbons (Fsp3) is 0.125. The fourth-order valence-corrected chi connectivity index (χ4v) is 2.26. The lowest BCUT2D eigenvalue weighted by molar-refractivity contribution is 0.414. The standard InChI is InChI=1S/C16H13F2NO2/c1-20-10-6-5-9-7-14(21-13(9)8-10)16(19)15-11(17)3-2-4-12(15)18/h2-8,16H,19H2,1H3. The number of hydrogen-bond donors (Lipinski definition) is 1. The van der Waals surface area contributed by atoms with Gasteiger partial charge >= 0.3 is 0 Å². The van der Waals surface area contributed by atoms with Gasteiger partial charge < -0.3 is 14.9 Å². The Morgan fingerprint density at radius 1 is 1.10 bits per heavy atom. The molecule has 0 fully saturated rings. The van der Waals surface area contributed by atoms with E-state index in [2.05, 4.69) is 0 Å². The first kappa shape index (κ1) is 13.6. The number of nitrogens with two attached hydrogens (primary N) is 1. The molecule has 0 spiro atoms. The Morgan fingerprint density at radius 3 is 2.48 bits per heavy atom. The van der Waals surface area contributed by atoms with Crippen molar-refractivity contribution in [3.8, 4) is 5.75 Å². The number of methoxy groups -OCH3 is 1. The third-order valence-corrected chi connectivity index (χ3v) is 3.36. The van der Waals surface area contributed by atoms with Crippen molar-refractivity contribution in [1.82, 2.24) is 0 Å². The summed E-state index contributed by atoms with van der Waals surface area (Å²) in [5.74, 6) is -0.461. The highest BCUT2D eigenvalue weighted by Gasteiger charge is 2.21. The molecule has 3 aromatic rings. The average molecular weight is 289 g/mol. The molecule has 1 atom stereocenters. The van der Waals surface area contributed by atoms with Gasteiger partial charge in [0.1, 0.15) is 28.7 Å². The molecule has 0 saturated carbocycles. The van der Waals surface area contributed by atoms with E-state index in [4.69, 9.17) is 14.9 Å². The lowest BCUT2D eigenvalue weighted by Crippen LogP contribution is -2.14. The quantitative estimate of drug-likeness (QED) is 0.798. The molecule has 3 nitrogen and oxygen atoms in total. The summed E-state index contributed by atoms with van der Waals surface area (Å²) in [5, 5.41) is 0.790. The average Bonchev–Trinajstić information content (AvgIpc) is 2.89. The smallest absolute Gasteiger partial charge is 0.138 e. The number of fused-ring (bicyclic) bond motifs is 1. The van der Waals surface area contributed by atoms with Crippen LogP contribution in [0.3, 0.4) is 0 Å². The van der Waals surface area contributed by atoms with Crippen LogP contribution in [0.5, 0.6) is 5.75 Å². The van der Waals surface area contributed by atoms with Crippen LogP contribution in [-0.2, 0) is 0 Å². The lowest BCUT2D eigenvalue weighted by Gasteiger charge is -2.11. The van der Waals surface area contributed by atoms with Gasteiger partial charge in [-0.2, -0.15) is 0 Å². The minimum atomic E-state index is -1.01. The normalized spacial score (nSPS) is 12.6. The first-order valence-electron chi connectivity index (χ1n) is 6.37. The molecule has 0 saturated heterocycles. The van der Waals surface area contributed by atoms with Gasteiger partial charge in [-0.1, -0.05) is 6.07 Å². The van der Waals surface area contributed by atoms with E-state index >= 15 is 0 Å². The van der Waals surface area contributed by atoms with Gasteiger partial charge in [-0.3, -0.25) is 0 Å². The third kappa shape index (κ3) is 2.36. The van der Waals surface area contributed by atoms with Crippen LogP contribution in [0.25, 0.3) is 11.0 Å². The van der Waals surface area contributed by atoms with E-state index in [1.165, 1.54) is 18.2 Å². The largest absolute Gasteiger partial charge is 0.497 e. The van der Waals surface area contributed by atoms with Crippen molar-refractivity contribution in [2.45, 2.75) is 6.04 Å². The first-order chi connectivity index (χ1) is 10.1. The predicted octanol–water partition coefficient (Wildman–Crippen LogP) is 3.77. The molecule has 0 aliphatic heterocycles. The Bertz CT molecular complexity index is 778. The zero-order chi connectivity index (χ0) is 15.0. The highest BCUT2D eigenvalue weighted by molar-refractivity contribution is 5.79. The van der Waals surface area contributed by atoms with Crippen LogP contribution in [0.2, 0.25) is 0 Å². The maximum Gasteiger partial charge on any atom is 0.138 e. The highest BCUT2D eigenvalue weighted by Crippen LogP contribution is 2.31. The molecule has 0 amide bonds. The van der Waals surface area contributed by atoms with Crippen LogP contribution in [-0.4, -0.2) is 7.11 Å². The predicted molar refractivity (Wildman–Crippen MR) is 75.2 cm³/mol. The number of benzene rings is 2. The zero-order valence-corrected chi connectivity index (χ0v) is 11.3. The summed E-state index contributed by atoms with van der Waals surface area (Å²) >= 11 is 0. The van der Waals surface area contributed by atoms with E-state index in [1.807, 2.05) is 0 Å². The van der Waals surface area contributed by atoms with Gasteiger partial charge in [0.15, 0.2) is 0 Å². The van der Waals surface area contributed by atoms with Crippen LogP contribution < -0.4 is 10.5 Å². The first-order valence-corrected chi connectivity index (χ1v) is 6.37. The van der Waals surface area contributed by atoms with Crippen molar-refractivity contribution in [1.29, 1.82) is 0 Å². The van der Waals surface area contributed by atoms with Gasteiger partial charge in [0.05, 0.1) is 13.2 Å². The molecule has 0 radical (unpaired) electrons. The van der Waals surface area contributed by atoms with E-state index in [0.717, 1.165) is 5.39 Å². The number of hydrogen-bond acceptors (Lipinski definition) is 3. The number of rotatable bonds is 3. The Balaban J connectivity index is 2.07. The summed E-state index contributed by atoms with van der Waals surface area (Å²) in [6.45, 7) is 0. The Hall–Kier alpha value is -2.40. The number of ether oxygens (including phenoxy) is 1. The monoisotopic (exact) mass is 289 g/mol. The summed E-state index contributed by atoms with van der Waals surface area (Å²) in [4.78, 5) is 0. The lowest BCUT2D eigenvalue weighted by atomic mass is 10.0. The summed E-state index contributed by atoms with van der Waals surface area (Å²) in [6.07, 6.45) is 0. The summed E-state index contributed by atoms with van der Waals surface area (Å²) in [7, 11) is 1.55. The highest BCUT2D eigenvalue weighted by atomic mass is 19.1. The second-order valence-corrected chi connectivity index (χ2v) is 4.67. The maximum absolute atomic E-state index is 13.8. The van der Waals surface area contributed by atoms with E-state index < -0.39 is 17.7 Å². The van der Waals surface area contributed by atoms with E-state index in [0.29, 0.717) is 17.1 Å². The van der Waals surface area contributed by atoms with Gasteiger partial charge in [0, 0.05) is 17.0 Å². The molecule has 5 heteroatoms. The molecule has 1 aromatic heterocycles. The van der Waals surface area contributed by atoms with Crippen molar-refractivity contribution >= 4 is 11.0 Å². The second-order valence-electron chi connectivity index (χ2n) is 4.67. The molecule has 2 aromatic carbocycles. The molecule has 0 aliphatic carbocycles. The maximum atomic E-state index is 13.8. The third-order valence-electron chi connectivity index (χ3n) is 3.36. The van der Waals surface area contributed by atoms with Crippen molar-refractivity contribution in [2.75, 3.05) is 7.11 Å². The molecule has 1 unspecified atom stereocenters. The molecule has 2 N–H and O–H groups in total. The zero-order valence-electron chi connectivity index (χ0n) is 11.3. The molecule has 0 bridgehead atoms. The molecule has 108 valence electrons. The molecule has 21 heavy (non-hydrogen) atoms. The van der Waals surface area contributed by atoms with E-state index in [9.17, 15) is 8.78 Å². The molecular formula is C16H13F2NO2.